The molecule has 0 unspecified atom stereocenters. The van der Waals surface area contributed by atoms with Crippen LogP contribution in [0, 0.1) is 0 Å². The minimum Gasteiger partial charge on any atom is -0.324 e. The Labute approximate surface area is 163 Å². The third kappa shape index (κ3) is 3.69. The van der Waals surface area contributed by atoms with Crippen LogP contribution in [0.2, 0.25) is 0 Å². The first kappa shape index (κ1) is 18.4. The molecule has 0 amide bonds. The van der Waals surface area contributed by atoms with Crippen LogP contribution in [0.1, 0.15) is 12.8 Å². The molecule has 1 aliphatic rings. The molecule has 28 heavy (non-hydrogen) atoms. The van der Waals surface area contributed by atoms with Gasteiger partial charge in [0.25, 0.3) is 0 Å². The van der Waals surface area contributed by atoms with Crippen molar-refractivity contribution in [2.75, 3.05) is 24.3 Å². The molecule has 0 radical (unpaired) electrons. The summed E-state index contributed by atoms with van der Waals surface area (Å²) in [6, 6.07) is 10.7. The van der Waals surface area contributed by atoms with Crippen LogP contribution in [-0.2, 0) is 10.0 Å². The number of H-pyrrole nitrogens is 1. The van der Waals surface area contributed by atoms with E-state index in [1.807, 2.05) is 12.1 Å². The lowest BCUT2D eigenvalue weighted by atomic mass is 10.3. The van der Waals surface area contributed by atoms with Gasteiger partial charge in [0.1, 0.15) is 11.6 Å². The average molecular weight is 399 g/mol. The van der Waals surface area contributed by atoms with Crippen molar-refractivity contribution >= 4 is 33.3 Å². The first-order valence-electron chi connectivity index (χ1n) is 8.86. The molecule has 2 aromatic heterocycles. The van der Waals surface area contributed by atoms with Crippen molar-refractivity contribution in [1.82, 2.24) is 24.5 Å². The first-order valence-corrected chi connectivity index (χ1v) is 10.3. The largest absolute Gasteiger partial charge is 0.324 e. The van der Waals surface area contributed by atoms with Gasteiger partial charge in [0.2, 0.25) is 16.0 Å². The maximum absolute atomic E-state index is 12.2. The van der Waals surface area contributed by atoms with Crippen molar-refractivity contribution in [1.29, 1.82) is 0 Å². The van der Waals surface area contributed by atoms with Crippen molar-refractivity contribution in [3.8, 4) is 0 Å². The van der Waals surface area contributed by atoms with Gasteiger partial charge in [-0.1, -0.05) is 0 Å². The SMILES string of the molecule is CN(C)S(=O)(=O)c1ccc(Nc2nccc(N(c3ccn[nH]3)C3CC3)n2)cc1. The summed E-state index contributed by atoms with van der Waals surface area (Å²) >= 11 is 0. The maximum atomic E-state index is 12.2. The van der Waals surface area contributed by atoms with Crippen LogP contribution in [0.5, 0.6) is 0 Å². The van der Waals surface area contributed by atoms with E-state index in [2.05, 4.69) is 30.4 Å². The third-order valence-corrected chi connectivity index (χ3v) is 6.26. The molecule has 146 valence electrons. The summed E-state index contributed by atoms with van der Waals surface area (Å²) in [5, 5.41) is 10.1. The van der Waals surface area contributed by atoms with Crippen LogP contribution in [0.3, 0.4) is 0 Å². The smallest absolute Gasteiger partial charge is 0.242 e. The Morgan fingerprint density at radius 3 is 2.43 bits per heavy atom. The lowest BCUT2D eigenvalue weighted by Gasteiger charge is -2.21. The molecule has 1 fully saturated rings. The topological polar surface area (TPSA) is 107 Å². The van der Waals surface area contributed by atoms with Gasteiger partial charge in [0.05, 0.1) is 11.1 Å². The van der Waals surface area contributed by atoms with Crippen molar-refractivity contribution in [3.63, 3.8) is 0 Å². The molecule has 0 atom stereocenters. The van der Waals surface area contributed by atoms with Gasteiger partial charge < -0.3 is 10.2 Å². The molecule has 2 N–H and O–H groups in total. The zero-order valence-electron chi connectivity index (χ0n) is 15.6. The Morgan fingerprint density at radius 1 is 1.07 bits per heavy atom. The number of benzene rings is 1. The molecule has 9 nitrogen and oxygen atoms in total. The van der Waals surface area contributed by atoms with Gasteiger partial charge in [-0.3, -0.25) is 5.10 Å². The van der Waals surface area contributed by atoms with Gasteiger partial charge in [-0.25, -0.2) is 17.7 Å². The summed E-state index contributed by atoms with van der Waals surface area (Å²) in [4.78, 5) is 11.2. The van der Waals surface area contributed by atoms with E-state index in [9.17, 15) is 8.42 Å². The minimum atomic E-state index is -3.45. The normalized spacial score (nSPS) is 14.2. The fourth-order valence-electron chi connectivity index (χ4n) is 2.82. The Balaban J connectivity index is 1.56. The monoisotopic (exact) mass is 399 g/mol. The minimum absolute atomic E-state index is 0.233. The molecule has 10 heteroatoms. The maximum Gasteiger partial charge on any atom is 0.242 e. The van der Waals surface area contributed by atoms with Crippen LogP contribution in [0.15, 0.2) is 53.7 Å². The molecule has 0 aliphatic heterocycles. The predicted molar refractivity (Wildman–Crippen MR) is 106 cm³/mol. The Kier molecular flexibility index (Phi) is 4.73. The van der Waals surface area contributed by atoms with E-state index >= 15 is 0 Å². The molecule has 4 rings (SSSR count). The lowest BCUT2D eigenvalue weighted by Crippen LogP contribution is -2.22. The zero-order valence-corrected chi connectivity index (χ0v) is 16.4. The Morgan fingerprint density at radius 2 is 1.82 bits per heavy atom. The van der Waals surface area contributed by atoms with Gasteiger partial charge in [0, 0.05) is 38.1 Å². The number of anilines is 4. The molecular formula is C18H21N7O2S. The molecule has 2 heterocycles. The van der Waals surface area contributed by atoms with Crippen LogP contribution in [0.25, 0.3) is 0 Å². The number of sulfonamides is 1. The zero-order chi connectivity index (χ0) is 19.7. The van der Waals surface area contributed by atoms with Crippen LogP contribution < -0.4 is 10.2 Å². The molecule has 1 aromatic carbocycles. The van der Waals surface area contributed by atoms with E-state index in [-0.39, 0.29) is 4.90 Å². The number of hydrogen-bond donors (Lipinski definition) is 2. The van der Waals surface area contributed by atoms with E-state index in [0.29, 0.717) is 17.7 Å². The molecule has 0 spiro atoms. The highest BCUT2D eigenvalue weighted by molar-refractivity contribution is 7.89. The van der Waals surface area contributed by atoms with E-state index in [1.165, 1.54) is 18.4 Å². The molecule has 1 saturated carbocycles. The lowest BCUT2D eigenvalue weighted by molar-refractivity contribution is 0.521. The second kappa shape index (κ2) is 7.21. The van der Waals surface area contributed by atoms with Gasteiger partial charge >= 0.3 is 0 Å². The number of hydrogen-bond acceptors (Lipinski definition) is 7. The Bertz CT molecular complexity index is 1050. The molecule has 0 saturated heterocycles. The van der Waals surface area contributed by atoms with Crippen molar-refractivity contribution in [3.05, 3.63) is 48.8 Å². The number of nitrogens with zero attached hydrogens (tertiary/aromatic N) is 5. The average Bonchev–Trinajstić information content (AvgIpc) is 3.36. The summed E-state index contributed by atoms with van der Waals surface area (Å²) in [5.41, 5.74) is 0.703. The van der Waals surface area contributed by atoms with Gasteiger partial charge in [0.15, 0.2) is 0 Å². The molecule has 0 bridgehead atoms. The highest BCUT2D eigenvalue weighted by Crippen LogP contribution is 2.36. The predicted octanol–water partition coefficient (Wildman–Crippen LogP) is 2.49. The highest BCUT2D eigenvalue weighted by Gasteiger charge is 2.32. The fraction of sp³-hybridized carbons (Fsp3) is 0.278. The molecule has 3 aromatic rings. The highest BCUT2D eigenvalue weighted by atomic mass is 32.2. The number of aromatic nitrogens is 4. The summed E-state index contributed by atoms with van der Waals surface area (Å²) in [5.74, 6) is 2.10. The van der Waals surface area contributed by atoms with E-state index in [1.54, 1.807) is 36.7 Å². The van der Waals surface area contributed by atoms with Crippen molar-refractivity contribution in [2.24, 2.45) is 0 Å². The van der Waals surface area contributed by atoms with Crippen molar-refractivity contribution < 1.29 is 8.42 Å². The second-order valence-corrected chi connectivity index (χ2v) is 8.87. The second-order valence-electron chi connectivity index (χ2n) is 6.72. The number of aromatic amines is 1. The number of nitrogens with one attached hydrogen (secondary N) is 2. The summed E-state index contributed by atoms with van der Waals surface area (Å²) < 4.78 is 25.5. The molecular weight excluding hydrogens is 378 g/mol. The van der Waals surface area contributed by atoms with Crippen LogP contribution in [0.4, 0.5) is 23.3 Å². The van der Waals surface area contributed by atoms with Crippen LogP contribution >= 0.6 is 0 Å². The first-order chi connectivity index (χ1) is 13.4. The summed E-state index contributed by atoms with van der Waals surface area (Å²) in [7, 11) is -0.442. The van der Waals surface area contributed by atoms with Gasteiger partial charge in [-0.15, -0.1) is 0 Å². The van der Waals surface area contributed by atoms with Crippen LogP contribution in [-0.4, -0.2) is 53.0 Å². The number of rotatable bonds is 7. The van der Waals surface area contributed by atoms with E-state index in [4.69, 9.17) is 0 Å². The third-order valence-electron chi connectivity index (χ3n) is 4.43. The van der Waals surface area contributed by atoms with E-state index < -0.39 is 10.0 Å². The quantitative estimate of drug-likeness (QED) is 0.628. The summed E-state index contributed by atoms with van der Waals surface area (Å²) in [6.07, 6.45) is 5.62. The summed E-state index contributed by atoms with van der Waals surface area (Å²) in [6.45, 7) is 0. The van der Waals surface area contributed by atoms with Gasteiger partial charge in [-0.05, 0) is 43.2 Å². The van der Waals surface area contributed by atoms with Gasteiger partial charge in [-0.2, -0.15) is 10.1 Å². The van der Waals surface area contributed by atoms with Crippen molar-refractivity contribution in [2.45, 2.75) is 23.8 Å². The standard InChI is InChI=1S/C18H21N7O2S/c1-24(2)28(26,27)15-7-3-13(4-8-15)21-18-19-11-9-16(22-18)25(14-5-6-14)17-10-12-20-23-17/h3-4,7-12,14H,5-6H2,1-2H3,(H,20,23)(H,19,21,22). The Hall–Kier alpha value is -2.98. The van der Waals surface area contributed by atoms with E-state index in [0.717, 1.165) is 24.5 Å². The molecule has 1 aliphatic carbocycles. The fourth-order valence-corrected chi connectivity index (χ4v) is 3.72.